The van der Waals surface area contributed by atoms with Crippen LogP contribution in [-0.4, -0.2) is 110 Å². The molecule has 1 amide bonds. The zero-order valence-electron chi connectivity index (χ0n) is 42.9. The van der Waals surface area contributed by atoms with Gasteiger partial charge in [0.15, 0.2) is 6.29 Å². The Morgan fingerprint density at radius 3 is 1.33 bits per heavy atom. The van der Waals surface area contributed by atoms with Crippen molar-refractivity contribution in [2.45, 2.75) is 300 Å². The maximum Gasteiger partial charge on any atom is 0.249 e. The predicted octanol–water partition coefficient (Wildman–Crippen LogP) is 11.1. The highest BCUT2D eigenvalue weighted by atomic mass is 16.7. The van der Waals surface area contributed by atoms with E-state index < -0.39 is 74.2 Å². The maximum atomic E-state index is 13.1. The van der Waals surface area contributed by atoms with E-state index in [0.717, 1.165) is 57.8 Å². The molecule has 11 nitrogen and oxygen atoms in total. The lowest BCUT2D eigenvalue weighted by atomic mass is 9.98. The first-order valence-corrected chi connectivity index (χ1v) is 27.9. The van der Waals surface area contributed by atoms with Gasteiger partial charge in [-0.3, -0.25) is 4.79 Å². The Morgan fingerprint density at radius 1 is 0.507 bits per heavy atom. The molecule has 1 heterocycles. The first kappa shape index (κ1) is 63.3. The number of nitrogens with one attached hydrogen (secondary N) is 1. The second-order valence-electron chi connectivity index (χ2n) is 19.6. The third-order valence-electron chi connectivity index (χ3n) is 13.4. The number of hydrogen-bond acceptors (Lipinski definition) is 10. The zero-order chi connectivity index (χ0) is 49.0. The van der Waals surface area contributed by atoms with Gasteiger partial charge >= 0.3 is 0 Å². The van der Waals surface area contributed by atoms with E-state index in [-0.39, 0.29) is 12.8 Å². The van der Waals surface area contributed by atoms with Crippen LogP contribution in [0.4, 0.5) is 0 Å². The van der Waals surface area contributed by atoms with Crippen molar-refractivity contribution in [1.29, 1.82) is 0 Å². The van der Waals surface area contributed by atoms with Gasteiger partial charge in [-0.2, -0.15) is 0 Å². The fraction of sp³-hybridized carbons (Fsp3) is 0.875. The summed E-state index contributed by atoms with van der Waals surface area (Å²) in [5.74, 6) is -0.715. The molecule has 0 aliphatic carbocycles. The van der Waals surface area contributed by atoms with Gasteiger partial charge < -0.3 is 50.5 Å². The topological polar surface area (TPSA) is 189 Å². The first-order valence-electron chi connectivity index (χ1n) is 27.9. The molecule has 0 spiro atoms. The second kappa shape index (κ2) is 45.5. The van der Waals surface area contributed by atoms with Crippen LogP contribution in [0.3, 0.4) is 0 Å². The van der Waals surface area contributed by atoms with Crippen LogP contribution in [0.15, 0.2) is 36.5 Å². The summed E-state index contributed by atoms with van der Waals surface area (Å²) in [6, 6.07) is -1.19. The number of allylic oxidation sites excluding steroid dienone is 6. The van der Waals surface area contributed by atoms with Crippen LogP contribution in [0, 0.1) is 0 Å². The molecule has 0 saturated carbocycles. The predicted molar refractivity (Wildman–Crippen MR) is 275 cm³/mol. The number of unbranched alkanes of at least 4 members (excludes halogenated alkanes) is 29. The van der Waals surface area contributed by atoms with Crippen molar-refractivity contribution < 1.29 is 50.0 Å². The number of carbonyl (C=O) groups excluding carboxylic acids is 1. The minimum atomic E-state index is -1.67. The summed E-state index contributed by atoms with van der Waals surface area (Å²) in [4.78, 5) is 13.1. The minimum absolute atomic E-state index is 0.244. The van der Waals surface area contributed by atoms with Crippen LogP contribution in [0.1, 0.15) is 245 Å². The molecule has 67 heavy (non-hydrogen) atoms. The summed E-state index contributed by atoms with van der Waals surface area (Å²) in [5.41, 5.74) is 0. The van der Waals surface area contributed by atoms with Crippen molar-refractivity contribution in [3.8, 4) is 0 Å². The van der Waals surface area contributed by atoms with E-state index in [4.69, 9.17) is 9.47 Å². The molecule has 0 aromatic rings. The number of aliphatic hydroxyl groups is 7. The molecule has 1 fully saturated rings. The quantitative estimate of drug-likeness (QED) is 0.0215. The Bertz CT molecular complexity index is 1180. The molecule has 8 N–H and O–H groups in total. The lowest BCUT2D eigenvalue weighted by Gasteiger charge is -2.40. The standard InChI is InChI=1S/C56H105NO10/c1-3-5-7-9-11-13-15-17-19-21-22-23-24-25-26-27-28-30-31-33-35-37-39-41-43-48(59)51(61)47(46-66-56-54(64)53(63)52(62)50(45-58)67-56)57-55(65)49(60)44-42-40-38-36-34-32-29-20-18-16-14-12-10-8-6-4-2/h18,20,28,30,35,37,47-54,56,58-64H,3-17,19,21-27,29,31-34,36,38-46H2,1-2H3,(H,57,65)/b20-18-,30-28+,37-35+. The Labute approximate surface area is 409 Å². The van der Waals surface area contributed by atoms with E-state index in [0.29, 0.717) is 19.3 Å². The van der Waals surface area contributed by atoms with Gasteiger partial charge in [0.1, 0.15) is 36.6 Å². The summed E-state index contributed by atoms with van der Waals surface area (Å²) in [5, 5.41) is 76.0. The highest BCUT2D eigenvalue weighted by molar-refractivity contribution is 5.80. The van der Waals surface area contributed by atoms with Crippen molar-refractivity contribution in [1.82, 2.24) is 5.32 Å². The van der Waals surface area contributed by atoms with Crippen LogP contribution >= 0.6 is 0 Å². The molecule has 9 unspecified atom stereocenters. The molecule has 1 saturated heterocycles. The van der Waals surface area contributed by atoms with Gasteiger partial charge in [-0.05, 0) is 77.0 Å². The molecule has 1 aliphatic rings. The molecule has 1 rings (SSSR count). The molecule has 0 bridgehead atoms. The first-order chi connectivity index (χ1) is 32.7. The lowest BCUT2D eigenvalue weighted by Crippen LogP contribution is -2.60. The molecule has 0 aromatic heterocycles. The zero-order valence-corrected chi connectivity index (χ0v) is 42.9. The van der Waals surface area contributed by atoms with E-state index in [2.05, 4.69) is 55.6 Å². The summed E-state index contributed by atoms with van der Waals surface area (Å²) in [7, 11) is 0. The van der Waals surface area contributed by atoms with Gasteiger partial charge in [-0.15, -0.1) is 0 Å². The maximum absolute atomic E-state index is 13.1. The van der Waals surface area contributed by atoms with Crippen molar-refractivity contribution in [2.24, 2.45) is 0 Å². The average Bonchev–Trinajstić information content (AvgIpc) is 3.33. The number of rotatable bonds is 47. The smallest absolute Gasteiger partial charge is 0.249 e. The van der Waals surface area contributed by atoms with Gasteiger partial charge in [0.25, 0.3) is 0 Å². The summed E-state index contributed by atoms with van der Waals surface area (Å²) < 4.78 is 11.1. The molecule has 11 heteroatoms. The monoisotopic (exact) mass is 952 g/mol. The van der Waals surface area contributed by atoms with Crippen LogP contribution < -0.4 is 5.32 Å². The summed E-state index contributed by atoms with van der Waals surface area (Å²) in [6.07, 6.45) is 43.4. The molecule has 9 atom stereocenters. The van der Waals surface area contributed by atoms with Crippen molar-refractivity contribution in [2.75, 3.05) is 13.2 Å². The van der Waals surface area contributed by atoms with E-state index in [1.165, 1.54) is 141 Å². The van der Waals surface area contributed by atoms with Crippen LogP contribution in [0.2, 0.25) is 0 Å². The average molecular weight is 952 g/mol. The Hall–Kier alpha value is -1.67. The molecular weight excluding hydrogens is 847 g/mol. The molecule has 1 aliphatic heterocycles. The van der Waals surface area contributed by atoms with Crippen molar-refractivity contribution in [3.63, 3.8) is 0 Å². The number of carbonyl (C=O) groups is 1. The van der Waals surface area contributed by atoms with Crippen molar-refractivity contribution in [3.05, 3.63) is 36.5 Å². The van der Waals surface area contributed by atoms with E-state index in [1.54, 1.807) is 0 Å². The van der Waals surface area contributed by atoms with Gasteiger partial charge in [0.05, 0.1) is 25.4 Å². The van der Waals surface area contributed by atoms with Crippen LogP contribution in [0.25, 0.3) is 0 Å². The number of ether oxygens (including phenoxy) is 2. The third-order valence-corrected chi connectivity index (χ3v) is 13.4. The molecule has 0 aromatic carbocycles. The van der Waals surface area contributed by atoms with Crippen molar-refractivity contribution >= 4 is 5.91 Å². The van der Waals surface area contributed by atoms with Gasteiger partial charge in [0.2, 0.25) is 5.91 Å². The summed E-state index contributed by atoms with van der Waals surface area (Å²) in [6.45, 7) is 3.44. The third kappa shape index (κ3) is 34.3. The van der Waals surface area contributed by atoms with Gasteiger partial charge in [-0.1, -0.05) is 204 Å². The molecular formula is C56H105NO10. The van der Waals surface area contributed by atoms with E-state index in [1.807, 2.05) is 0 Å². The molecule has 0 radical (unpaired) electrons. The van der Waals surface area contributed by atoms with E-state index >= 15 is 0 Å². The second-order valence-corrected chi connectivity index (χ2v) is 19.6. The number of hydrogen-bond donors (Lipinski definition) is 8. The van der Waals surface area contributed by atoms with E-state index in [9.17, 15) is 40.5 Å². The van der Waals surface area contributed by atoms with Crippen LogP contribution in [0.5, 0.6) is 0 Å². The fourth-order valence-corrected chi connectivity index (χ4v) is 8.81. The van der Waals surface area contributed by atoms with Gasteiger partial charge in [-0.25, -0.2) is 0 Å². The number of amides is 1. The van der Waals surface area contributed by atoms with Gasteiger partial charge in [0, 0.05) is 0 Å². The number of aliphatic hydroxyl groups excluding tert-OH is 7. The lowest BCUT2D eigenvalue weighted by molar-refractivity contribution is -0.303. The fourth-order valence-electron chi connectivity index (χ4n) is 8.81. The normalized spacial score (nSPS) is 20.9. The Kier molecular flexibility index (Phi) is 43.0. The highest BCUT2D eigenvalue weighted by Crippen LogP contribution is 2.23. The summed E-state index contributed by atoms with van der Waals surface area (Å²) >= 11 is 0. The molecule has 394 valence electrons. The Balaban J connectivity index is 2.37. The largest absolute Gasteiger partial charge is 0.394 e. The minimum Gasteiger partial charge on any atom is -0.394 e. The van der Waals surface area contributed by atoms with Crippen LogP contribution in [-0.2, 0) is 14.3 Å². The highest BCUT2D eigenvalue weighted by Gasteiger charge is 2.44. The SMILES string of the molecule is CCCCCCCC/C=C\CCCCCCCCC(O)C(=O)NC(COC1OC(CO)C(O)C(O)C1O)C(O)C(O)CCC/C=C/CC/C=C/CCCCCCCCCCCCCCCCC. The Morgan fingerprint density at radius 2 is 0.896 bits per heavy atom.